The van der Waals surface area contributed by atoms with Gasteiger partial charge in [-0.05, 0) is 44.4 Å². The summed E-state index contributed by atoms with van der Waals surface area (Å²) in [5, 5.41) is 3.18. The predicted octanol–water partition coefficient (Wildman–Crippen LogP) is 2.09. The molecular weight excluding hydrogens is 342 g/mol. The van der Waals surface area contributed by atoms with Crippen LogP contribution in [0.25, 0.3) is 0 Å². The SMILES string of the molecule is CCOC(=O)c1ccc(NC(=O)Cn2c(SC)nc(C)cc2=O)cc1. The van der Waals surface area contributed by atoms with Gasteiger partial charge < -0.3 is 10.1 Å². The molecule has 1 aromatic carbocycles. The van der Waals surface area contributed by atoms with E-state index >= 15 is 0 Å². The Bertz CT molecular complexity index is 831. The van der Waals surface area contributed by atoms with E-state index in [1.807, 2.05) is 0 Å². The van der Waals surface area contributed by atoms with Crippen molar-refractivity contribution in [3.8, 4) is 0 Å². The largest absolute Gasteiger partial charge is 0.462 e. The number of anilines is 1. The first-order chi connectivity index (χ1) is 11.9. The van der Waals surface area contributed by atoms with Crippen molar-refractivity contribution in [2.75, 3.05) is 18.2 Å². The number of carbonyl (C=O) groups is 2. The Morgan fingerprint density at radius 3 is 2.56 bits per heavy atom. The number of thioether (sulfide) groups is 1. The van der Waals surface area contributed by atoms with Crippen LogP contribution in [0.1, 0.15) is 23.0 Å². The second-order valence-corrected chi connectivity index (χ2v) is 5.93. The Balaban J connectivity index is 2.08. The van der Waals surface area contributed by atoms with E-state index in [4.69, 9.17) is 4.74 Å². The number of hydrogen-bond donors (Lipinski definition) is 1. The van der Waals surface area contributed by atoms with Crippen molar-refractivity contribution in [3.05, 3.63) is 51.9 Å². The van der Waals surface area contributed by atoms with Gasteiger partial charge in [0.05, 0.1) is 12.2 Å². The second-order valence-electron chi connectivity index (χ2n) is 5.15. The highest BCUT2D eigenvalue weighted by Crippen LogP contribution is 2.12. The molecule has 0 aliphatic rings. The summed E-state index contributed by atoms with van der Waals surface area (Å²) in [5.41, 5.74) is 1.27. The first kappa shape index (κ1) is 18.7. The summed E-state index contributed by atoms with van der Waals surface area (Å²) < 4.78 is 6.22. The van der Waals surface area contributed by atoms with Gasteiger partial charge in [0.2, 0.25) is 5.91 Å². The lowest BCUT2D eigenvalue weighted by molar-refractivity contribution is -0.116. The molecule has 0 unspecified atom stereocenters. The van der Waals surface area contributed by atoms with Gasteiger partial charge in [0, 0.05) is 17.4 Å². The molecule has 0 fully saturated rings. The summed E-state index contributed by atoms with van der Waals surface area (Å²) in [4.78, 5) is 40.1. The molecule has 2 aromatic rings. The number of esters is 1. The van der Waals surface area contributed by atoms with Crippen LogP contribution < -0.4 is 10.9 Å². The van der Waals surface area contributed by atoms with E-state index in [2.05, 4.69) is 10.3 Å². The van der Waals surface area contributed by atoms with Gasteiger partial charge in [0.1, 0.15) is 6.54 Å². The topological polar surface area (TPSA) is 90.3 Å². The Kier molecular flexibility index (Phi) is 6.35. The minimum absolute atomic E-state index is 0.137. The molecule has 1 amide bonds. The molecule has 1 heterocycles. The lowest BCUT2D eigenvalue weighted by Crippen LogP contribution is -2.29. The molecule has 1 N–H and O–H groups in total. The van der Waals surface area contributed by atoms with Crippen LogP contribution >= 0.6 is 11.8 Å². The Morgan fingerprint density at radius 1 is 1.28 bits per heavy atom. The van der Waals surface area contributed by atoms with E-state index in [1.54, 1.807) is 44.4 Å². The van der Waals surface area contributed by atoms with Gasteiger partial charge >= 0.3 is 5.97 Å². The van der Waals surface area contributed by atoms with Crippen LogP contribution in [0.3, 0.4) is 0 Å². The molecule has 0 saturated heterocycles. The number of amides is 1. The fourth-order valence-corrected chi connectivity index (χ4v) is 2.75. The van der Waals surface area contributed by atoms with Crippen LogP contribution in [-0.4, -0.2) is 34.3 Å². The minimum atomic E-state index is -0.415. The van der Waals surface area contributed by atoms with Crippen molar-refractivity contribution < 1.29 is 14.3 Å². The van der Waals surface area contributed by atoms with Crippen molar-refractivity contribution in [1.29, 1.82) is 0 Å². The predicted molar refractivity (Wildman–Crippen MR) is 96.0 cm³/mol. The highest BCUT2D eigenvalue weighted by Gasteiger charge is 2.12. The number of benzene rings is 1. The monoisotopic (exact) mass is 361 g/mol. The molecule has 8 heteroatoms. The summed E-state index contributed by atoms with van der Waals surface area (Å²) in [5.74, 6) is -0.769. The van der Waals surface area contributed by atoms with Crippen LogP contribution in [0.15, 0.2) is 40.3 Å². The van der Waals surface area contributed by atoms with E-state index in [1.165, 1.54) is 22.4 Å². The molecule has 132 valence electrons. The van der Waals surface area contributed by atoms with Crippen molar-refractivity contribution >= 4 is 29.3 Å². The molecule has 0 bridgehead atoms. The molecule has 1 aromatic heterocycles. The van der Waals surface area contributed by atoms with Crippen molar-refractivity contribution in [3.63, 3.8) is 0 Å². The average molecular weight is 361 g/mol. The lowest BCUT2D eigenvalue weighted by Gasteiger charge is -2.11. The fraction of sp³-hybridized carbons (Fsp3) is 0.294. The molecule has 7 nitrogen and oxygen atoms in total. The third-order valence-corrected chi connectivity index (χ3v) is 3.94. The number of hydrogen-bond acceptors (Lipinski definition) is 6. The summed E-state index contributed by atoms with van der Waals surface area (Å²) in [6.07, 6.45) is 1.80. The molecular formula is C17H19N3O4S. The summed E-state index contributed by atoms with van der Waals surface area (Å²) in [6, 6.07) is 7.74. The first-order valence-electron chi connectivity index (χ1n) is 7.64. The van der Waals surface area contributed by atoms with E-state index in [0.29, 0.717) is 28.7 Å². The van der Waals surface area contributed by atoms with Crippen LogP contribution in [0.5, 0.6) is 0 Å². The highest BCUT2D eigenvalue weighted by molar-refractivity contribution is 7.98. The van der Waals surface area contributed by atoms with Crippen molar-refractivity contribution in [2.24, 2.45) is 0 Å². The lowest BCUT2D eigenvalue weighted by atomic mass is 10.2. The molecule has 0 spiro atoms. The van der Waals surface area contributed by atoms with Crippen LogP contribution in [0.2, 0.25) is 0 Å². The van der Waals surface area contributed by atoms with Gasteiger partial charge in [-0.1, -0.05) is 11.8 Å². The number of carbonyl (C=O) groups excluding carboxylic acids is 2. The number of aromatic nitrogens is 2. The standard InChI is InChI=1S/C17H19N3O4S/c1-4-24-16(23)12-5-7-13(8-6-12)19-14(21)10-20-15(22)9-11(2)18-17(20)25-3/h5-9H,4,10H2,1-3H3,(H,19,21). The second kappa shape index (κ2) is 8.48. The third-order valence-electron chi connectivity index (χ3n) is 3.27. The van der Waals surface area contributed by atoms with Gasteiger partial charge in [-0.15, -0.1) is 0 Å². The Morgan fingerprint density at radius 2 is 1.96 bits per heavy atom. The molecule has 0 atom stereocenters. The maximum atomic E-state index is 12.2. The van der Waals surface area contributed by atoms with Gasteiger partial charge in [0.15, 0.2) is 5.16 Å². The number of ether oxygens (including phenoxy) is 1. The van der Waals surface area contributed by atoms with Crippen molar-refractivity contribution in [2.45, 2.75) is 25.5 Å². The Labute approximate surface area is 149 Å². The van der Waals surface area contributed by atoms with E-state index < -0.39 is 5.97 Å². The van der Waals surface area contributed by atoms with Crippen LogP contribution in [-0.2, 0) is 16.1 Å². The quantitative estimate of drug-likeness (QED) is 0.481. The van der Waals surface area contributed by atoms with Gasteiger partial charge in [-0.3, -0.25) is 14.2 Å². The third kappa shape index (κ3) is 4.93. The Hall–Kier alpha value is -2.61. The molecule has 25 heavy (non-hydrogen) atoms. The zero-order valence-corrected chi connectivity index (χ0v) is 15.1. The van der Waals surface area contributed by atoms with E-state index in [0.717, 1.165) is 0 Å². The van der Waals surface area contributed by atoms with E-state index in [9.17, 15) is 14.4 Å². The summed E-state index contributed by atoms with van der Waals surface area (Å²) in [6.45, 7) is 3.63. The summed E-state index contributed by atoms with van der Waals surface area (Å²) in [7, 11) is 0. The molecule has 0 aliphatic carbocycles. The van der Waals surface area contributed by atoms with Gasteiger partial charge in [0.25, 0.3) is 5.56 Å². The highest BCUT2D eigenvalue weighted by atomic mass is 32.2. The number of nitrogens with zero attached hydrogens (tertiary/aromatic N) is 2. The fourth-order valence-electron chi connectivity index (χ4n) is 2.14. The summed E-state index contributed by atoms with van der Waals surface area (Å²) >= 11 is 1.30. The first-order valence-corrected chi connectivity index (χ1v) is 8.86. The molecule has 0 radical (unpaired) electrons. The van der Waals surface area contributed by atoms with Crippen LogP contribution in [0, 0.1) is 6.92 Å². The van der Waals surface area contributed by atoms with E-state index in [-0.39, 0.29) is 18.0 Å². The normalized spacial score (nSPS) is 10.4. The zero-order chi connectivity index (χ0) is 18.4. The average Bonchev–Trinajstić information content (AvgIpc) is 2.57. The van der Waals surface area contributed by atoms with Gasteiger partial charge in [-0.2, -0.15) is 0 Å². The smallest absolute Gasteiger partial charge is 0.338 e. The molecule has 2 rings (SSSR count). The maximum Gasteiger partial charge on any atom is 0.338 e. The number of rotatable bonds is 6. The van der Waals surface area contributed by atoms with Crippen molar-refractivity contribution in [1.82, 2.24) is 9.55 Å². The minimum Gasteiger partial charge on any atom is -0.462 e. The number of nitrogens with one attached hydrogen (secondary N) is 1. The van der Waals surface area contributed by atoms with Crippen LogP contribution in [0.4, 0.5) is 5.69 Å². The zero-order valence-electron chi connectivity index (χ0n) is 14.2. The molecule has 0 saturated carbocycles. The maximum absolute atomic E-state index is 12.2. The van der Waals surface area contributed by atoms with Gasteiger partial charge in [-0.25, -0.2) is 9.78 Å². The number of aryl methyl sites for hydroxylation is 1. The molecule has 0 aliphatic heterocycles.